The third kappa shape index (κ3) is 1.03. The standard InChI is InChI=1S/C8H5NO3/c10-4-6-1-2-7(12-6)8-3-9-5-11-8/h1-5H. The van der Waals surface area contributed by atoms with Gasteiger partial charge < -0.3 is 8.83 Å². The molecule has 0 N–H and O–H groups in total. The van der Waals surface area contributed by atoms with Gasteiger partial charge in [-0.1, -0.05) is 0 Å². The molecule has 2 rings (SSSR count). The van der Waals surface area contributed by atoms with E-state index in [2.05, 4.69) is 4.98 Å². The first kappa shape index (κ1) is 6.84. The van der Waals surface area contributed by atoms with Crippen molar-refractivity contribution in [1.29, 1.82) is 0 Å². The van der Waals surface area contributed by atoms with Crippen LogP contribution in [0.15, 0.2) is 33.6 Å². The van der Waals surface area contributed by atoms with Gasteiger partial charge in [0.25, 0.3) is 0 Å². The second kappa shape index (κ2) is 2.65. The molecule has 0 aliphatic carbocycles. The molecule has 2 aromatic rings. The minimum atomic E-state index is 0.279. The quantitative estimate of drug-likeness (QED) is 0.633. The first-order chi connectivity index (χ1) is 5.90. The molecule has 0 radical (unpaired) electrons. The zero-order valence-electron chi connectivity index (χ0n) is 6.06. The molecule has 0 aliphatic rings. The third-order valence-corrected chi connectivity index (χ3v) is 1.42. The Balaban J connectivity index is 2.41. The van der Waals surface area contributed by atoms with E-state index in [9.17, 15) is 4.79 Å². The Labute approximate surface area is 67.8 Å². The zero-order chi connectivity index (χ0) is 8.39. The van der Waals surface area contributed by atoms with Crippen molar-refractivity contribution in [2.45, 2.75) is 0 Å². The van der Waals surface area contributed by atoms with Gasteiger partial charge in [0.2, 0.25) is 0 Å². The average Bonchev–Trinajstić information content (AvgIpc) is 2.75. The van der Waals surface area contributed by atoms with E-state index in [4.69, 9.17) is 8.83 Å². The first-order valence-electron chi connectivity index (χ1n) is 3.34. The fourth-order valence-electron chi connectivity index (χ4n) is 0.886. The topological polar surface area (TPSA) is 56.2 Å². The molecule has 0 amide bonds. The molecular weight excluding hydrogens is 158 g/mol. The van der Waals surface area contributed by atoms with Crippen LogP contribution in [-0.4, -0.2) is 11.3 Å². The van der Waals surface area contributed by atoms with Crippen molar-refractivity contribution < 1.29 is 13.6 Å². The largest absolute Gasteiger partial charge is 0.450 e. The van der Waals surface area contributed by atoms with Crippen LogP contribution in [-0.2, 0) is 0 Å². The maximum absolute atomic E-state index is 10.2. The lowest BCUT2D eigenvalue weighted by molar-refractivity contribution is 0.110. The molecule has 0 atom stereocenters. The van der Waals surface area contributed by atoms with Crippen LogP contribution in [0, 0.1) is 0 Å². The molecule has 12 heavy (non-hydrogen) atoms. The lowest BCUT2D eigenvalue weighted by atomic mass is 10.4. The number of aldehydes is 1. The van der Waals surface area contributed by atoms with E-state index in [0.717, 1.165) is 0 Å². The molecule has 0 aromatic carbocycles. The van der Waals surface area contributed by atoms with E-state index >= 15 is 0 Å². The number of hydrogen-bond donors (Lipinski definition) is 0. The maximum Gasteiger partial charge on any atom is 0.189 e. The highest BCUT2D eigenvalue weighted by molar-refractivity contribution is 5.71. The summed E-state index contributed by atoms with van der Waals surface area (Å²) in [4.78, 5) is 14.0. The highest BCUT2D eigenvalue weighted by atomic mass is 16.4. The van der Waals surface area contributed by atoms with Gasteiger partial charge in [0.05, 0.1) is 6.20 Å². The van der Waals surface area contributed by atoms with Crippen LogP contribution in [0.1, 0.15) is 10.6 Å². The second-order valence-corrected chi connectivity index (χ2v) is 2.19. The fourth-order valence-corrected chi connectivity index (χ4v) is 0.886. The lowest BCUT2D eigenvalue weighted by Gasteiger charge is -1.85. The van der Waals surface area contributed by atoms with E-state index in [0.29, 0.717) is 17.8 Å². The summed E-state index contributed by atoms with van der Waals surface area (Å²) in [5, 5.41) is 0. The minimum absolute atomic E-state index is 0.279. The Kier molecular flexibility index (Phi) is 1.51. The summed E-state index contributed by atoms with van der Waals surface area (Å²) >= 11 is 0. The van der Waals surface area contributed by atoms with Crippen molar-refractivity contribution in [2.24, 2.45) is 0 Å². The van der Waals surface area contributed by atoms with Gasteiger partial charge in [-0.25, -0.2) is 4.98 Å². The van der Waals surface area contributed by atoms with Crippen molar-refractivity contribution in [3.05, 3.63) is 30.5 Å². The number of nitrogens with zero attached hydrogens (tertiary/aromatic N) is 1. The summed E-state index contributed by atoms with van der Waals surface area (Å²) in [6, 6.07) is 3.23. The van der Waals surface area contributed by atoms with Gasteiger partial charge in [-0.15, -0.1) is 0 Å². The van der Waals surface area contributed by atoms with Gasteiger partial charge >= 0.3 is 0 Å². The Morgan fingerprint density at radius 2 is 2.25 bits per heavy atom. The number of oxazole rings is 1. The van der Waals surface area contributed by atoms with E-state index < -0.39 is 0 Å². The number of aromatic nitrogens is 1. The fraction of sp³-hybridized carbons (Fsp3) is 0. The number of carbonyl (C=O) groups is 1. The van der Waals surface area contributed by atoms with Crippen molar-refractivity contribution in [3.8, 4) is 11.5 Å². The van der Waals surface area contributed by atoms with E-state index in [1.165, 1.54) is 12.6 Å². The Bertz CT molecular complexity index is 375. The molecule has 0 fully saturated rings. The van der Waals surface area contributed by atoms with Gasteiger partial charge in [0, 0.05) is 0 Å². The third-order valence-electron chi connectivity index (χ3n) is 1.42. The molecule has 0 unspecified atom stereocenters. The maximum atomic E-state index is 10.2. The van der Waals surface area contributed by atoms with E-state index in [1.807, 2.05) is 0 Å². The van der Waals surface area contributed by atoms with Crippen LogP contribution in [0.2, 0.25) is 0 Å². The summed E-state index contributed by atoms with van der Waals surface area (Å²) in [7, 11) is 0. The van der Waals surface area contributed by atoms with Crippen LogP contribution in [0.5, 0.6) is 0 Å². The van der Waals surface area contributed by atoms with Crippen molar-refractivity contribution in [1.82, 2.24) is 4.98 Å². The number of rotatable bonds is 2. The molecule has 0 spiro atoms. The summed E-state index contributed by atoms with van der Waals surface area (Å²) in [6.07, 6.45) is 3.46. The monoisotopic (exact) mass is 163 g/mol. The van der Waals surface area contributed by atoms with Gasteiger partial charge in [-0.2, -0.15) is 0 Å². The molecule has 0 bridgehead atoms. The van der Waals surface area contributed by atoms with Gasteiger partial charge in [0.15, 0.2) is 30.0 Å². The molecule has 2 heterocycles. The molecule has 0 saturated carbocycles. The van der Waals surface area contributed by atoms with Crippen LogP contribution in [0.25, 0.3) is 11.5 Å². The molecule has 0 aliphatic heterocycles. The highest BCUT2D eigenvalue weighted by Crippen LogP contribution is 2.20. The summed E-state index contributed by atoms with van der Waals surface area (Å²) < 4.78 is 10.0. The average molecular weight is 163 g/mol. The van der Waals surface area contributed by atoms with E-state index in [1.54, 1.807) is 12.1 Å². The predicted octanol–water partition coefficient (Wildman–Crippen LogP) is 1.75. The first-order valence-corrected chi connectivity index (χ1v) is 3.34. The van der Waals surface area contributed by atoms with Crippen LogP contribution < -0.4 is 0 Å². The van der Waals surface area contributed by atoms with Crippen molar-refractivity contribution >= 4 is 6.29 Å². The molecule has 4 nitrogen and oxygen atoms in total. The van der Waals surface area contributed by atoms with E-state index in [-0.39, 0.29) is 5.76 Å². The Hall–Kier alpha value is -1.84. The molecule has 0 saturated heterocycles. The van der Waals surface area contributed by atoms with Crippen molar-refractivity contribution in [2.75, 3.05) is 0 Å². The van der Waals surface area contributed by atoms with Crippen molar-refractivity contribution in [3.63, 3.8) is 0 Å². The molecular formula is C8H5NO3. The van der Waals surface area contributed by atoms with Crippen LogP contribution >= 0.6 is 0 Å². The second-order valence-electron chi connectivity index (χ2n) is 2.19. The SMILES string of the molecule is O=Cc1ccc(-c2cnco2)o1. The number of furan rings is 1. The molecule has 2 aromatic heterocycles. The minimum Gasteiger partial charge on any atom is -0.450 e. The van der Waals surface area contributed by atoms with Gasteiger partial charge in [-0.05, 0) is 12.1 Å². The predicted molar refractivity (Wildman–Crippen MR) is 39.6 cm³/mol. The Morgan fingerprint density at radius 3 is 2.83 bits per heavy atom. The smallest absolute Gasteiger partial charge is 0.189 e. The lowest BCUT2D eigenvalue weighted by Crippen LogP contribution is -1.68. The molecule has 4 heteroatoms. The summed E-state index contributed by atoms with van der Waals surface area (Å²) in [5.41, 5.74) is 0. The summed E-state index contributed by atoms with van der Waals surface area (Å²) in [6.45, 7) is 0. The normalized spacial score (nSPS) is 10.0. The Morgan fingerprint density at radius 1 is 1.33 bits per heavy atom. The number of carbonyl (C=O) groups excluding carboxylic acids is 1. The van der Waals surface area contributed by atoms with Gasteiger partial charge in [0.1, 0.15) is 0 Å². The zero-order valence-corrected chi connectivity index (χ0v) is 6.06. The highest BCUT2D eigenvalue weighted by Gasteiger charge is 2.05. The number of hydrogen-bond acceptors (Lipinski definition) is 4. The summed E-state index contributed by atoms with van der Waals surface area (Å²) in [5.74, 6) is 1.30. The van der Waals surface area contributed by atoms with Gasteiger partial charge in [-0.3, -0.25) is 4.79 Å². The van der Waals surface area contributed by atoms with Crippen LogP contribution in [0.3, 0.4) is 0 Å². The van der Waals surface area contributed by atoms with Crippen LogP contribution in [0.4, 0.5) is 0 Å². The molecule has 60 valence electrons.